The molecule has 1 aliphatic rings. The zero-order chi connectivity index (χ0) is 22.0. The number of carbonyl (C=O) groups excluding carboxylic acids is 1. The average molecular weight is 431 g/mol. The van der Waals surface area contributed by atoms with Crippen LogP contribution in [0.1, 0.15) is 29.5 Å². The zero-order valence-corrected chi connectivity index (χ0v) is 17.8. The van der Waals surface area contributed by atoms with E-state index in [1.54, 1.807) is 6.21 Å². The summed E-state index contributed by atoms with van der Waals surface area (Å²) in [7, 11) is 0. The molecule has 32 heavy (non-hydrogen) atoms. The van der Waals surface area contributed by atoms with Crippen molar-refractivity contribution in [3.8, 4) is 11.5 Å². The predicted octanol–water partition coefficient (Wildman–Crippen LogP) is 4.47. The van der Waals surface area contributed by atoms with Crippen LogP contribution in [-0.4, -0.2) is 24.8 Å². The Morgan fingerprint density at radius 3 is 2.12 bits per heavy atom. The first kappa shape index (κ1) is 21.4. The number of hydrogen-bond acceptors (Lipinski definition) is 5. The number of oxime groups is 1. The normalized spacial score (nSPS) is 13.0. The maximum atomic E-state index is 11.7. The average Bonchev–Trinajstić information content (AvgIpc) is 3.65. The molecule has 3 aromatic carbocycles. The molecule has 1 N–H and O–H groups in total. The van der Waals surface area contributed by atoms with Crippen molar-refractivity contribution in [2.24, 2.45) is 5.16 Å². The lowest BCUT2D eigenvalue weighted by atomic mass is 10.2. The van der Waals surface area contributed by atoms with Crippen LogP contribution in [0.3, 0.4) is 0 Å². The number of rotatable bonds is 11. The van der Waals surface area contributed by atoms with Crippen molar-refractivity contribution in [1.82, 2.24) is 5.32 Å². The van der Waals surface area contributed by atoms with Crippen LogP contribution in [0.4, 0.5) is 0 Å². The first-order valence-corrected chi connectivity index (χ1v) is 10.7. The number of hydrogen-bond donors (Lipinski definition) is 1. The summed E-state index contributed by atoms with van der Waals surface area (Å²) in [5, 5.41) is 6.76. The molecule has 0 bridgehead atoms. The quantitative estimate of drug-likeness (QED) is 0.360. The van der Waals surface area contributed by atoms with E-state index in [0.717, 1.165) is 29.5 Å². The van der Waals surface area contributed by atoms with Gasteiger partial charge in [-0.25, -0.2) is 0 Å². The number of ether oxygens (including phenoxy) is 2. The third-order valence-electron chi connectivity index (χ3n) is 4.86. The van der Waals surface area contributed by atoms with Crippen molar-refractivity contribution in [2.75, 3.05) is 6.61 Å². The van der Waals surface area contributed by atoms with Crippen LogP contribution < -0.4 is 14.8 Å². The van der Waals surface area contributed by atoms with Gasteiger partial charge in [-0.1, -0.05) is 65.8 Å². The lowest BCUT2D eigenvalue weighted by Gasteiger charge is -2.14. The van der Waals surface area contributed by atoms with E-state index in [0.29, 0.717) is 30.8 Å². The highest BCUT2D eigenvalue weighted by molar-refractivity contribution is 5.81. The molecule has 0 aromatic heterocycles. The molecular weight excluding hydrogens is 404 g/mol. The van der Waals surface area contributed by atoms with Crippen LogP contribution in [0, 0.1) is 0 Å². The fourth-order valence-corrected chi connectivity index (χ4v) is 3.00. The highest BCUT2D eigenvalue weighted by atomic mass is 16.6. The molecule has 0 aliphatic heterocycles. The highest BCUT2D eigenvalue weighted by Gasteiger charge is 2.23. The minimum atomic E-state index is -0.152. The van der Waals surface area contributed by atoms with Crippen molar-refractivity contribution in [3.05, 3.63) is 95.6 Å². The Balaban J connectivity index is 1.40. The van der Waals surface area contributed by atoms with Crippen molar-refractivity contribution in [1.29, 1.82) is 0 Å². The fraction of sp³-hybridized carbons (Fsp3) is 0.231. The third kappa shape index (κ3) is 6.87. The van der Waals surface area contributed by atoms with E-state index in [1.807, 2.05) is 78.9 Å². The molecule has 1 amide bonds. The molecule has 0 saturated heterocycles. The van der Waals surface area contributed by atoms with E-state index >= 15 is 0 Å². The van der Waals surface area contributed by atoms with Crippen molar-refractivity contribution in [3.63, 3.8) is 0 Å². The molecule has 0 radical (unpaired) electrons. The fourth-order valence-electron chi connectivity index (χ4n) is 3.00. The first-order valence-electron chi connectivity index (χ1n) is 10.7. The Bertz CT molecular complexity index is 1030. The van der Waals surface area contributed by atoms with Gasteiger partial charge in [0.2, 0.25) is 0 Å². The Hall–Kier alpha value is -3.80. The molecule has 0 spiro atoms. The maximum Gasteiger partial charge on any atom is 0.260 e. The zero-order valence-electron chi connectivity index (χ0n) is 17.8. The van der Waals surface area contributed by atoms with E-state index in [9.17, 15) is 4.79 Å². The summed E-state index contributed by atoms with van der Waals surface area (Å²) in [5.74, 6) is 1.10. The summed E-state index contributed by atoms with van der Waals surface area (Å²) >= 11 is 0. The minimum absolute atomic E-state index is 0.0946. The SMILES string of the molecule is O=C(CO/N=C/c1ccc(OCc2ccccc2)c(OCc2ccccc2)c1)NC1CC1. The van der Waals surface area contributed by atoms with Crippen LogP contribution in [0.2, 0.25) is 0 Å². The van der Waals surface area contributed by atoms with Crippen LogP contribution in [0.5, 0.6) is 11.5 Å². The van der Waals surface area contributed by atoms with E-state index < -0.39 is 0 Å². The van der Waals surface area contributed by atoms with Crippen LogP contribution in [0.15, 0.2) is 84.0 Å². The number of carbonyl (C=O) groups is 1. The molecule has 164 valence electrons. The predicted molar refractivity (Wildman–Crippen MR) is 123 cm³/mol. The van der Waals surface area contributed by atoms with Gasteiger partial charge in [0.05, 0.1) is 6.21 Å². The Kier molecular flexibility index (Phi) is 7.37. The summed E-state index contributed by atoms with van der Waals surface area (Å²) < 4.78 is 12.1. The van der Waals surface area contributed by atoms with E-state index in [2.05, 4.69) is 10.5 Å². The molecule has 0 heterocycles. The largest absolute Gasteiger partial charge is 0.485 e. The summed E-state index contributed by atoms with van der Waals surface area (Å²) in [6.45, 7) is 0.763. The molecule has 1 fully saturated rings. The van der Waals surface area contributed by atoms with Gasteiger partial charge in [-0.2, -0.15) is 0 Å². The standard InChI is InChI=1S/C26H26N2O4/c29-26(28-23-12-13-23)19-32-27-16-22-11-14-24(30-17-20-7-3-1-4-8-20)25(15-22)31-18-21-9-5-2-6-10-21/h1-11,14-16,23H,12-13,17-19H2,(H,28,29)/b27-16+. The van der Waals surface area contributed by atoms with E-state index in [1.165, 1.54) is 0 Å². The maximum absolute atomic E-state index is 11.7. The summed E-state index contributed by atoms with van der Waals surface area (Å²) in [6.07, 6.45) is 3.64. The minimum Gasteiger partial charge on any atom is -0.485 e. The lowest BCUT2D eigenvalue weighted by Crippen LogP contribution is -2.28. The monoisotopic (exact) mass is 430 g/mol. The first-order chi connectivity index (χ1) is 15.8. The van der Waals surface area contributed by atoms with Gasteiger partial charge in [-0.15, -0.1) is 0 Å². The van der Waals surface area contributed by atoms with Gasteiger partial charge >= 0.3 is 0 Å². The second-order valence-electron chi connectivity index (χ2n) is 7.60. The van der Waals surface area contributed by atoms with Crippen molar-refractivity contribution >= 4 is 12.1 Å². The van der Waals surface area contributed by atoms with Gasteiger partial charge < -0.3 is 19.6 Å². The van der Waals surface area contributed by atoms with Crippen LogP contribution >= 0.6 is 0 Å². The van der Waals surface area contributed by atoms with Crippen LogP contribution in [-0.2, 0) is 22.8 Å². The summed E-state index contributed by atoms with van der Waals surface area (Å²) in [6, 6.07) is 25.8. The summed E-state index contributed by atoms with van der Waals surface area (Å²) in [4.78, 5) is 16.8. The Morgan fingerprint density at radius 1 is 0.875 bits per heavy atom. The Morgan fingerprint density at radius 2 is 1.50 bits per heavy atom. The van der Waals surface area contributed by atoms with Crippen LogP contribution in [0.25, 0.3) is 0 Å². The Labute approximate surface area is 187 Å². The van der Waals surface area contributed by atoms with Crippen molar-refractivity contribution < 1.29 is 19.1 Å². The smallest absolute Gasteiger partial charge is 0.260 e. The molecule has 0 atom stereocenters. The van der Waals surface area contributed by atoms with Gasteiger partial charge in [-0.05, 0) is 42.2 Å². The number of amides is 1. The van der Waals surface area contributed by atoms with Gasteiger partial charge in [0.15, 0.2) is 18.1 Å². The number of nitrogens with zero attached hydrogens (tertiary/aromatic N) is 1. The second-order valence-corrected chi connectivity index (χ2v) is 7.60. The topological polar surface area (TPSA) is 69.2 Å². The van der Waals surface area contributed by atoms with E-state index in [-0.39, 0.29) is 12.5 Å². The van der Waals surface area contributed by atoms with Crippen molar-refractivity contribution in [2.45, 2.75) is 32.1 Å². The molecule has 1 saturated carbocycles. The molecule has 4 rings (SSSR count). The molecule has 1 aliphatic carbocycles. The molecule has 0 unspecified atom stereocenters. The third-order valence-corrected chi connectivity index (χ3v) is 4.86. The highest BCUT2D eigenvalue weighted by Crippen LogP contribution is 2.29. The second kappa shape index (κ2) is 11.0. The molecule has 3 aromatic rings. The van der Waals surface area contributed by atoms with Gasteiger partial charge in [0.25, 0.3) is 5.91 Å². The molecular formula is C26H26N2O4. The molecule has 6 nitrogen and oxygen atoms in total. The number of nitrogens with one attached hydrogen (secondary N) is 1. The molecule has 6 heteroatoms. The van der Waals surface area contributed by atoms with Gasteiger partial charge in [0, 0.05) is 11.6 Å². The lowest BCUT2D eigenvalue weighted by molar-refractivity contribution is -0.125. The van der Waals surface area contributed by atoms with Gasteiger partial charge in [0.1, 0.15) is 13.2 Å². The summed E-state index contributed by atoms with van der Waals surface area (Å²) in [5.41, 5.74) is 2.92. The van der Waals surface area contributed by atoms with E-state index in [4.69, 9.17) is 14.3 Å². The van der Waals surface area contributed by atoms with Gasteiger partial charge in [-0.3, -0.25) is 4.79 Å². The number of benzene rings is 3.